The normalized spacial score (nSPS) is 15.0. The molecule has 0 saturated heterocycles. The van der Waals surface area contributed by atoms with Gasteiger partial charge in [0, 0.05) is 21.9 Å². The lowest BCUT2D eigenvalue weighted by Crippen LogP contribution is -2.29. The number of hydrogen-bond donors (Lipinski definition) is 2. The minimum absolute atomic E-state index is 0.201. The number of nitrogens with two attached hydrogens (primary N) is 1. The minimum Gasteiger partial charge on any atom is -0.497 e. The Balaban J connectivity index is 1.56. The van der Waals surface area contributed by atoms with Crippen molar-refractivity contribution in [3.05, 3.63) is 70.1 Å². The molecule has 4 aromatic rings. The second-order valence-electron chi connectivity index (χ2n) is 10.9. The van der Waals surface area contributed by atoms with Crippen LogP contribution in [0.4, 0.5) is 5.00 Å². The summed E-state index contributed by atoms with van der Waals surface area (Å²) in [6, 6.07) is 14.8. The summed E-state index contributed by atoms with van der Waals surface area (Å²) in [4.78, 5) is 32.5. The maximum Gasteiger partial charge on any atom is 0.257 e. The number of primary amides is 1. The van der Waals surface area contributed by atoms with Crippen LogP contribution in [-0.2, 0) is 12.8 Å². The number of fused-ring (bicyclic) bond motifs is 2. The van der Waals surface area contributed by atoms with Crippen molar-refractivity contribution in [2.24, 2.45) is 17.1 Å². The zero-order chi connectivity index (χ0) is 28.6. The Morgan fingerprint density at radius 2 is 1.90 bits per heavy atom. The monoisotopic (exact) mass is 557 g/mol. The molecule has 1 aliphatic carbocycles. The molecule has 5 rings (SSSR count). The largest absolute Gasteiger partial charge is 0.497 e. The van der Waals surface area contributed by atoms with Crippen LogP contribution in [0.5, 0.6) is 11.5 Å². The highest BCUT2D eigenvalue weighted by Gasteiger charge is 2.35. The van der Waals surface area contributed by atoms with Crippen molar-refractivity contribution in [2.75, 3.05) is 19.5 Å². The number of amides is 2. The predicted octanol–water partition coefficient (Wildman–Crippen LogP) is 6.87. The molecular formula is C32H35N3O4S. The maximum absolute atomic E-state index is 13.9. The van der Waals surface area contributed by atoms with Crippen molar-refractivity contribution in [3.63, 3.8) is 0 Å². The second-order valence-corrected chi connectivity index (χ2v) is 12.1. The summed E-state index contributed by atoms with van der Waals surface area (Å²) in [7, 11) is 3.18. The lowest BCUT2D eigenvalue weighted by Gasteiger charge is -2.36. The van der Waals surface area contributed by atoms with Crippen molar-refractivity contribution in [1.82, 2.24) is 4.98 Å². The fourth-order valence-corrected chi connectivity index (χ4v) is 6.90. The van der Waals surface area contributed by atoms with E-state index < -0.39 is 5.91 Å². The molecule has 1 aliphatic rings. The lowest BCUT2D eigenvalue weighted by atomic mass is 9.69. The van der Waals surface area contributed by atoms with Crippen molar-refractivity contribution in [2.45, 2.75) is 46.5 Å². The summed E-state index contributed by atoms with van der Waals surface area (Å²) in [6.07, 6.45) is 3.76. The molecule has 0 bridgehead atoms. The molecule has 2 aromatic carbocycles. The smallest absolute Gasteiger partial charge is 0.257 e. The van der Waals surface area contributed by atoms with E-state index in [0.717, 1.165) is 41.7 Å². The number of carbonyl (C=O) groups is 2. The van der Waals surface area contributed by atoms with Gasteiger partial charge >= 0.3 is 0 Å². The number of ether oxygens (including phenoxy) is 2. The quantitative estimate of drug-likeness (QED) is 0.246. The van der Waals surface area contributed by atoms with E-state index in [2.05, 4.69) is 26.1 Å². The van der Waals surface area contributed by atoms with Gasteiger partial charge < -0.3 is 20.5 Å². The molecule has 7 nitrogen and oxygen atoms in total. The number of carbonyl (C=O) groups excluding carboxylic acids is 2. The second kappa shape index (κ2) is 10.9. The van der Waals surface area contributed by atoms with E-state index in [9.17, 15) is 9.59 Å². The Hall–Kier alpha value is -3.91. The van der Waals surface area contributed by atoms with E-state index >= 15 is 0 Å². The number of nitrogens with zero attached hydrogens (tertiary/aromatic N) is 1. The molecule has 2 heterocycles. The fourth-order valence-electron chi connectivity index (χ4n) is 5.57. The van der Waals surface area contributed by atoms with Gasteiger partial charge in [0.05, 0.1) is 36.6 Å². The van der Waals surface area contributed by atoms with Gasteiger partial charge in [-0.15, -0.1) is 11.3 Å². The topological polar surface area (TPSA) is 104 Å². The zero-order valence-electron chi connectivity index (χ0n) is 23.6. The zero-order valence-corrected chi connectivity index (χ0v) is 24.4. The highest BCUT2D eigenvalue weighted by Crippen LogP contribution is 2.45. The number of thiophene rings is 1. The number of nitrogens with one attached hydrogen (secondary N) is 1. The number of methoxy groups -OCH3 is 2. The number of hydrogen-bond acceptors (Lipinski definition) is 6. The Bertz CT molecular complexity index is 1610. The van der Waals surface area contributed by atoms with Crippen molar-refractivity contribution in [3.8, 4) is 22.8 Å². The van der Waals surface area contributed by atoms with Crippen LogP contribution in [0.1, 0.15) is 64.8 Å². The first-order chi connectivity index (χ1) is 19.2. The van der Waals surface area contributed by atoms with Crippen LogP contribution in [0.25, 0.3) is 22.2 Å². The van der Waals surface area contributed by atoms with Crippen molar-refractivity contribution >= 4 is 39.1 Å². The molecule has 3 N–H and O–H groups in total. The van der Waals surface area contributed by atoms with Gasteiger partial charge in [-0.05, 0) is 60.4 Å². The molecule has 0 radical (unpaired) electrons. The summed E-state index contributed by atoms with van der Waals surface area (Å²) in [6.45, 7) is 6.83. The Kier molecular flexibility index (Phi) is 7.55. The van der Waals surface area contributed by atoms with E-state index in [0.29, 0.717) is 50.1 Å². The number of pyridine rings is 1. The molecule has 0 aliphatic heterocycles. The molecule has 0 saturated carbocycles. The lowest BCUT2D eigenvalue weighted by molar-refractivity contribution is 0.0999. The van der Waals surface area contributed by atoms with Gasteiger partial charge in [-0.3, -0.25) is 9.59 Å². The highest BCUT2D eigenvalue weighted by atomic mass is 32.1. The highest BCUT2D eigenvalue weighted by molar-refractivity contribution is 7.17. The molecule has 2 aromatic heterocycles. The number of benzene rings is 2. The van der Waals surface area contributed by atoms with Gasteiger partial charge in [-0.25, -0.2) is 4.98 Å². The Morgan fingerprint density at radius 3 is 2.60 bits per heavy atom. The van der Waals surface area contributed by atoms with Crippen LogP contribution >= 0.6 is 11.3 Å². The standard InChI is InChI=1S/C32H35N3O4S/c1-6-32(2,3)18-11-13-22-27(15-18)40-31(28(22)29(33)36)35-30(37)23-17-25(34-24-10-8-7-9-20(23)24)21-14-12-19(38-4)16-26(21)39-5/h7-10,12,14,16-18H,6,11,13,15H2,1-5H3,(H2,33,36)(H,35,37)/t18-/m1/s1. The van der Waals surface area contributed by atoms with Crippen LogP contribution < -0.4 is 20.5 Å². The Labute approximate surface area is 238 Å². The van der Waals surface area contributed by atoms with Gasteiger partial charge in [-0.2, -0.15) is 0 Å². The summed E-state index contributed by atoms with van der Waals surface area (Å²) in [5.41, 5.74) is 9.95. The van der Waals surface area contributed by atoms with Gasteiger partial charge in [0.25, 0.3) is 11.8 Å². The van der Waals surface area contributed by atoms with E-state index in [4.69, 9.17) is 20.2 Å². The molecule has 1 atom stereocenters. The van der Waals surface area contributed by atoms with Crippen molar-refractivity contribution in [1.29, 1.82) is 0 Å². The van der Waals surface area contributed by atoms with E-state index in [1.807, 2.05) is 36.4 Å². The molecular weight excluding hydrogens is 522 g/mol. The first-order valence-electron chi connectivity index (χ1n) is 13.5. The average Bonchev–Trinajstić information content (AvgIpc) is 3.33. The van der Waals surface area contributed by atoms with Gasteiger partial charge in [0.2, 0.25) is 0 Å². The van der Waals surface area contributed by atoms with Crippen LogP contribution in [0, 0.1) is 11.3 Å². The van der Waals surface area contributed by atoms with Gasteiger partial charge in [-0.1, -0.05) is 45.4 Å². The van der Waals surface area contributed by atoms with E-state index in [1.165, 1.54) is 11.3 Å². The number of para-hydroxylation sites is 1. The van der Waals surface area contributed by atoms with Crippen molar-refractivity contribution < 1.29 is 19.1 Å². The molecule has 40 heavy (non-hydrogen) atoms. The summed E-state index contributed by atoms with van der Waals surface area (Å²) >= 11 is 1.48. The number of anilines is 1. The SMILES string of the molecule is CCC(C)(C)[C@@H]1CCc2c(sc(NC(=O)c3cc(-c4ccc(OC)cc4OC)nc4ccccc34)c2C(N)=O)C1. The first-order valence-corrected chi connectivity index (χ1v) is 14.4. The molecule has 208 valence electrons. The first kappa shape index (κ1) is 27.6. The number of aromatic nitrogens is 1. The van der Waals surface area contributed by atoms with E-state index in [1.54, 1.807) is 26.4 Å². The molecule has 0 unspecified atom stereocenters. The van der Waals surface area contributed by atoms with Crippen LogP contribution in [-0.4, -0.2) is 31.0 Å². The predicted molar refractivity (Wildman–Crippen MR) is 161 cm³/mol. The summed E-state index contributed by atoms with van der Waals surface area (Å²) in [5, 5.41) is 4.28. The third kappa shape index (κ3) is 5.04. The number of rotatable bonds is 8. The van der Waals surface area contributed by atoms with Crippen LogP contribution in [0.3, 0.4) is 0 Å². The minimum atomic E-state index is -0.510. The fraction of sp³-hybridized carbons (Fsp3) is 0.344. The third-order valence-electron chi connectivity index (χ3n) is 8.40. The molecule has 8 heteroatoms. The molecule has 2 amide bonds. The van der Waals surface area contributed by atoms with Gasteiger partial charge in [0.1, 0.15) is 16.5 Å². The third-order valence-corrected chi connectivity index (χ3v) is 9.57. The summed E-state index contributed by atoms with van der Waals surface area (Å²) < 4.78 is 11.0. The maximum atomic E-state index is 13.9. The van der Waals surface area contributed by atoms with Crippen LogP contribution in [0.2, 0.25) is 0 Å². The molecule has 0 spiro atoms. The average molecular weight is 558 g/mol. The van der Waals surface area contributed by atoms with Gasteiger partial charge in [0.15, 0.2) is 0 Å². The molecule has 0 fully saturated rings. The van der Waals surface area contributed by atoms with E-state index in [-0.39, 0.29) is 11.3 Å². The Morgan fingerprint density at radius 1 is 1.12 bits per heavy atom. The summed E-state index contributed by atoms with van der Waals surface area (Å²) in [5.74, 6) is 0.923. The van der Waals surface area contributed by atoms with Crippen LogP contribution in [0.15, 0.2) is 48.5 Å².